The summed E-state index contributed by atoms with van der Waals surface area (Å²) in [6.45, 7) is 13.0. The van der Waals surface area contributed by atoms with Crippen LogP contribution in [-0.4, -0.2) is 190 Å². The van der Waals surface area contributed by atoms with Gasteiger partial charge in [0.2, 0.25) is 0 Å². The van der Waals surface area contributed by atoms with Crippen LogP contribution >= 0.6 is 0 Å². The lowest BCUT2D eigenvalue weighted by molar-refractivity contribution is -0.152. The van der Waals surface area contributed by atoms with Gasteiger partial charge in [0.25, 0.3) is 0 Å². The van der Waals surface area contributed by atoms with Gasteiger partial charge >= 0.3 is 11.9 Å². The molecule has 0 fully saturated rings. The molecule has 0 aliphatic carbocycles. The summed E-state index contributed by atoms with van der Waals surface area (Å²) >= 11 is 0. The van der Waals surface area contributed by atoms with Crippen molar-refractivity contribution in [1.29, 1.82) is 0 Å². The number of hydrogen-bond acceptors (Lipinski definition) is 17. The minimum atomic E-state index is -1.02. The Bertz CT molecular complexity index is 950. The van der Waals surface area contributed by atoms with E-state index in [-0.39, 0.29) is 25.8 Å². The summed E-state index contributed by atoms with van der Waals surface area (Å²) in [6.07, 6.45) is 20.5. The number of esters is 2. The Morgan fingerprint density at radius 1 is 0.397 bits per heavy atom. The highest BCUT2D eigenvalue weighted by atomic mass is 16.6. The van der Waals surface area contributed by atoms with Crippen molar-refractivity contribution in [2.45, 2.75) is 103 Å². The van der Waals surface area contributed by atoms with Crippen LogP contribution in [0.1, 0.15) is 96.8 Å². The Morgan fingerprint density at radius 2 is 0.698 bits per heavy atom. The molecule has 0 aliphatic heterocycles. The van der Waals surface area contributed by atoms with E-state index in [9.17, 15) is 9.59 Å². The topological polar surface area (TPSA) is 189 Å². The van der Waals surface area contributed by atoms with E-state index in [1.165, 1.54) is 51.4 Å². The number of hydrogen-bond donors (Lipinski definition) is 1. The lowest BCUT2D eigenvalue weighted by Gasteiger charge is -2.12. The van der Waals surface area contributed by atoms with E-state index in [1.54, 1.807) is 7.11 Å². The Kier molecular flexibility index (Phi) is 52.9. The Hall–Kier alpha value is -1.84. The molecule has 0 saturated heterocycles. The molecule has 0 aliphatic rings. The van der Waals surface area contributed by atoms with Gasteiger partial charge in [-0.3, -0.25) is 9.59 Å². The predicted molar refractivity (Wildman–Crippen MR) is 240 cm³/mol. The van der Waals surface area contributed by atoms with Crippen molar-refractivity contribution in [3.05, 3.63) is 12.2 Å². The number of carbonyl (C=O) groups excluding carboxylic acids is 2. The molecule has 17 heteroatoms. The largest absolute Gasteiger partial charge is 0.463 e. The van der Waals surface area contributed by atoms with E-state index >= 15 is 0 Å². The monoisotopic (exact) mass is 912 g/mol. The zero-order chi connectivity index (χ0) is 45.6. The second-order valence-corrected chi connectivity index (χ2v) is 14.5. The van der Waals surface area contributed by atoms with E-state index in [4.69, 9.17) is 72.0 Å². The minimum Gasteiger partial charge on any atom is -0.463 e. The van der Waals surface area contributed by atoms with Crippen LogP contribution in [0.25, 0.3) is 0 Å². The van der Waals surface area contributed by atoms with Crippen LogP contribution in [-0.2, 0) is 75.9 Å². The fraction of sp³-hybridized carbons (Fsp3) is 0.913. The van der Waals surface area contributed by atoms with Gasteiger partial charge in [0.1, 0.15) is 19.3 Å². The van der Waals surface area contributed by atoms with Crippen LogP contribution in [0.15, 0.2) is 12.2 Å². The van der Waals surface area contributed by atoms with Crippen LogP contribution < -0.4 is 5.73 Å². The van der Waals surface area contributed by atoms with Crippen LogP contribution in [0.2, 0.25) is 0 Å². The predicted octanol–water partition coefficient (Wildman–Crippen LogP) is 5.27. The maximum Gasteiger partial charge on any atom is 0.326 e. The number of carbonyl (C=O) groups is 2. The van der Waals surface area contributed by atoms with Gasteiger partial charge in [0.15, 0.2) is 0 Å². The SMILES string of the molecule is CCCCCCCC/C=C\CCCCCCCC(=O)OC[C@H](N)C(=O)OCCOCCOCCOCCOCCOCCOCCOCCOCCOCCOCCOCCOC. The smallest absolute Gasteiger partial charge is 0.326 e. The molecule has 63 heavy (non-hydrogen) atoms. The normalized spacial score (nSPS) is 12.1. The van der Waals surface area contributed by atoms with Gasteiger partial charge in [-0.2, -0.15) is 0 Å². The molecule has 0 aromatic heterocycles. The van der Waals surface area contributed by atoms with Crippen molar-refractivity contribution in [3.63, 3.8) is 0 Å². The molecule has 0 spiro atoms. The molecule has 0 saturated carbocycles. The van der Waals surface area contributed by atoms with E-state index in [0.717, 1.165) is 32.1 Å². The third-order valence-corrected chi connectivity index (χ3v) is 8.99. The third-order valence-electron chi connectivity index (χ3n) is 8.99. The average Bonchev–Trinajstić information content (AvgIpc) is 3.29. The van der Waals surface area contributed by atoms with E-state index in [2.05, 4.69) is 19.1 Å². The average molecular weight is 912 g/mol. The molecule has 17 nitrogen and oxygen atoms in total. The molecule has 0 aromatic carbocycles. The van der Waals surface area contributed by atoms with Crippen molar-refractivity contribution < 1.29 is 75.9 Å². The summed E-state index contributed by atoms with van der Waals surface area (Å²) < 4.78 is 75.1. The first-order valence-corrected chi connectivity index (χ1v) is 23.7. The van der Waals surface area contributed by atoms with E-state index in [1.807, 2.05) is 0 Å². The summed E-state index contributed by atoms with van der Waals surface area (Å²) in [5, 5.41) is 0. The molecule has 1 atom stereocenters. The van der Waals surface area contributed by atoms with Gasteiger partial charge in [0.05, 0.1) is 152 Å². The summed E-state index contributed by atoms with van der Waals surface area (Å²) in [5.41, 5.74) is 5.81. The maximum atomic E-state index is 12.1. The van der Waals surface area contributed by atoms with Gasteiger partial charge in [-0.05, 0) is 32.1 Å². The minimum absolute atomic E-state index is 0.0501. The molecular weight excluding hydrogens is 822 g/mol. The number of ether oxygens (including phenoxy) is 14. The van der Waals surface area contributed by atoms with Crippen LogP contribution in [0, 0.1) is 0 Å². The number of allylic oxidation sites excluding steroid dienone is 2. The molecule has 0 unspecified atom stereocenters. The highest BCUT2D eigenvalue weighted by Crippen LogP contribution is 2.10. The quantitative estimate of drug-likeness (QED) is 0.0472. The van der Waals surface area contributed by atoms with Crippen molar-refractivity contribution >= 4 is 11.9 Å². The van der Waals surface area contributed by atoms with Gasteiger partial charge in [0, 0.05) is 13.5 Å². The summed E-state index contributed by atoms with van der Waals surface area (Å²) in [6, 6.07) is -1.02. The van der Waals surface area contributed by atoms with E-state index in [0.29, 0.717) is 152 Å². The zero-order valence-electron chi connectivity index (χ0n) is 39.4. The molecule has 0 radical (unpaired) electrons. The van der Waals surface area contributed by atoms with Gasteiger partial charge < -0.3 is 72.0 Å². The van der Waals surface area contributed by atoms with E-state index < -0.39 is 12.0 Å². The molecule has 0 heterocycles. The number of unbranched alkanes of at least 4 members (excludes halogenated alkanes) is 11. The van der Waals surface area contributed by atoms with Crippen molar-refractivity contribution in [2.24, 2.45) is 5.73 Å². The number of nitrogens with two attached hydrogens (primary N) is 1. The highest BCUT2D eigenvalue weighted by molar-refractivity contribution is 5.76. The van der Waals surface area contributed by atoms with Gasteiger partial charge in [-0.15, -0.1) is 0 Å². The summed E-state index contributed by atoms with van der Waals surface area (Å²) in [4.78, 5) is 24.1. The third kappa shape index (κ3) is 52.7. The lowest BCUT2D eigenvalue weighted by atomic mass is 10.1. The van der Waals surface area contributed by atoms with Crippen LogP contribution in [0.4, 0.5) is 0 Å². The second kappa shape index (κ2) is 54.5. The molecule has 0 bridgehead atoms. The highest BCUT2D eigenvalue weighted by Gasteiger charge is 2.17. The maximum absolute atomic E-state index is 12.1. The Balaban J connectivity index is 3.29. The zero-order valence-corrected chi connectivity index (χ0v) is 39.4. The standard InChI is InChI=1S/C46H89NO16/c1-3-4-5-6-7-8-9-10-11-12-13-14-15-16-17-18-45(48)63-43-44(47)46(49)62-42-41-61-40-39-60-38-37-59-36-35-58-34-33-57-32-31-56-30-29-55-28-27-54-26-25-53-24-23-52-22-21-51-20-19-50-2/h10-11,44H,3-9,12-43,47H2,1-2H3/b11-10-/t44-/m0/s1. The molecule has 0 amide bonds. The van der Waals surface area contributed by atoms with Crippen molar-refractivity contribution in [3.8, 4) is 0 Å². The first-order valence-electron chi connectivity index (χ1n) is 23.7. The second-order valence-electron chi connectivity index (χ2n) is 14.5. The van der Waals surface area contributed by atoms with Gasteiger partial charge in [-0.25, -0.2) is 0 Å². The molecule has 0 rings (SSSR count). The van der Waals surface area contributed by atoms with Crippen molar-refractivity contribution in [2.75, 3.05) is 172 Å². The Morgan fingerprint density at radius 3 is 1.05 bits per heavy atom. The fourth-order valence-corrected chi connectivity index (χ4v) is 5.41. The molecular formula is C46H89NO16. The fourth-order valence-electron chi connectivity index (χ4n) is 5.41. The molecule has 0 aromatic rings. The Labute approximate surface area is 380 Å². The first-order chi connectivity index (χ1) is 31.1. The number of methoxy groups -OCH3 is 1. The molecule has 2 N–H and O–H groups in total. The van der Waals surface area contributed by atoms with Crippen LogP contribution in [0.3, 0.4) is 0 Å². The van der Waals surface area contributed by atoms with Crippen molar-refractivity contribution in [1.82, 2.24) is 0 Å². The summed E-state index contributed by atoms with van der Waals surface area (Å²) in [5.74, 6) is -0.975. The number of rotatable bonds is 54. The first kappa shape index (κ1) is 61.2. The van der Waals surface area contributed by atoms with Crippen LogP contribution in [0.5, 0.6) is 0 Å². The van der Waals surface area contributed by atoms with Gasteiger partial charge in [-0.1, -0.05) is 70.4 Å². The molecule has 374 valence electrons. The summed E-state index contributed by atoms with van der Waals surface area (Å²) in [7, 11) is 1.64. The lowest BCUT2D eigenvalue weighted by Crippen LogP contribution is -2.38.